The zero-order valence-corrected chi connectivity index (χ0v) is 41.5. The Morgan fingerprint density at radius 2 is 1.12 bits per heavy atom. The molecule has 13 heteroatoms. The Morgan fingerprint density at radius 3 is 1.67 bits per heavy atom. The van der Waals surface area contributed by atoms with E-state index in [0.29, 0.717) is 25.7 Å². The number of ether oxygens (including phenoxy) is 3. The molecule has 0 atom stereocenters. The topological polar surface area (TPSA) is 83.9 Å². The molecule has 0 saturated carbocycles. The molecule has 0 fully saturated rings. The van der Waals surface area contributed by atoms with Crippen LogP contribution in [0.25, 0.3) is 11.0 Å². The van der Waals surface area contributed by atoms with Crippen LogP contribution in [0.2, 0.25) is 0 Å². The van der Waals surface area contributed by atoms with Gasteiger partial charge < -0.3 is 33.6 Å². The minimum Gasteiger partial charge on any atom is -0.478 e. The van der Waals surface area contributed by atoms with Gasteiger partial charge in [0.05, 0.1) is 29.5 Å². The van der Waals surface area contributed by atoms with E-state index >= 15 is 0 Å². The maximum atomic E-state index is 12.9. The van der Waals surface area contributed by atoms with Crippen LogP contribution in [0.1, 0.15) is 108 Å². The molecule has 0 spiro atoms. The van der Waals surface area contributed by atoms with Gasteiger partial charge in [-0.05, 0) is 100 Å². The van der Waals surface area contributed by atoms with Gasteiger partial charge in [0, 0.05) is 61.0 Å². The van der Waals surface area contributed by atoms with Gasteiger partial charge in [-0.1, -0.05) is 105 Å². The predicted octanol–water partition coefficient (Wildman–Crippen LogP) is 13.0. The molecule has 7 aromatic rings. The zero-order valence-electron chi connectivity index (χ0n) is 41.5. The number of para-hydroxylation sites is 2. The molecule has 10 rings (SSSR count). The zero-order chi connectivity index (χ0) is 49.1. The number of nitrogens with one attached hydrogen (secondary N) is 1. The van der Waals surface area contributed by atoms with Crippen molar-refractivity contribution in [1.29, 1.82) is 0 Å². The number of halogens is 3. The molecule has 10 nitrogen and oxygen atoms in total. The Bertz CT molecular complexity index is 2800. The molecule has 364 valence electrons. The molecule has 5 aromatic carbocycles. The minimum absolute atomic E-state index is 0.00745. The fraction of sp³-hybridized carbons (Fsp3) is 0.393. The van der Waals surface area contributed by atoms with Gasteiger partial charge in [0.15, 0.2) is 13.5 Å². The van der Waals surface area contributed by atoms with E-state index in [1.165, 1.54) is 39.9 Å². The van der Waals surface area contributed by atoms with Crippen LogP contribution in [0.3, 0.4) is 0 Å². The number of aromatic amines is 1. The number of hydrogen-bond donors (Lipinski definition) is 1. The molecule has 0 aliphatic carbocycles. The largest absolute Gasteiger partial charge is 0.478 e. The number of H-pyrrole nitrogens is 1. The number of rotatable bonds is 6. The van der Waals surface area contributed by atoms with E-state index in [1.807, 2.05) is 60.0 Å². The first-order valence-corrected chi connectivity index (χ1v) is 23.8. The van der Waals surface area contributed by atoms with Crippen molar-refractivity contribution in [3.8, 4) is 17.2 Å². The van der Waals surface area contributed by atoms with Gasteiger partial charge in [0.25, 0.3) is 0 Å². The summed E-state index contributed by atoms with van der Waals surface area (Å²) in [6.45, 7) is 25.6. The average Bonchev–Trinajstić information content (AvgIpc) is 4.01. The summed E-state index contributed by atoms with van der Waals surface area (Å²) in [6, 6.07) is 32.6. The van der Waals surface area contributed by atoms with E-state index in [2.05, 4.69) is 134 Å². The van der Waals surface area contributed by atoms with Gasteiger partial charge >= 0.3 is 6.18 Å². The number of nitrogens with zero attached hydrogens (tertiary/aromatic N) is 6. The molecule has 0 amide bonds. The molecule has 1 N–H and O–H groups in total. The second-order valence-corrected chi connectivity index (χ2v) is 21.3. The molecular weight excluding hydrogens is 876 g/mol. The predicted molar refractivity (Wildman–Crippen MR) is 269 cm³/mol. The van der Waals surface area contributed by atoms with Crippen molar-refractivity contribution < 1.29 is 27.4 Å². The third kappa shape index (κ3) is 12.2. The molecule has 69 heavy (non-hydrogen) atoms. The number of aryl methyl sites for hydroxylation is 1. The second-order valence-electron chi connectivity index (χ2n) is 21.3. The molecule has 0 saturated heterocycles. The number of fused-ring (bicyclic) bond motifs is 4. The average molecular weight is 942 g/mol. The molecule has 0 radical (unpaired) electrons. The van der Waals surface area contributed by atoms with Crippen LogP contribution >= 0.6 is 0 Å². The highest BCUT2D eigenvalue weighted by molar-refractivity contribution is 5.77. The van der Waals surface area contributed by atoms with Crippen molar-refractivity contribution in [2.24, 2.45) is 0 Å². The van der Waals surface area contributed by atoms with Crippen LogP contribution in [-0.4, -0.2) is 51.2 Å². The quantitative estimate of drug-likeness (QED) is 0.177. The normalized spacial score (nSPS) is 15.0. The smallest absolute Gasteiger partial charge is 0.416 e. The van der Waals surface area contributed by atoms with E-state index < -0.39 is 11.7 Å². The number of hydrogen-bond acceptors (Lipinski definition) is 8. The first-order chi connectivity index (χ1) is 32.7. The highest BCUT2D eigenvalue weighted by Gasteiger charge is 2.32. The summed E-state index contributed by atoms with van der Waals surface area (Å²) in [5.74, 6) is 3.67. The molecule has 0 unspecified atom stereocenters. The Kier molecular flexibility index (Phi) is 14.1. The van der Waals surface area contributed by atoms with Crippen LogP contribution in [0, 0.1) is 0 Å². The van der Waals surface area contributed by atoms with Crippen LogP contribution in [0.5, 0.6) is 17.2 Å². The maximum Gasteiger partial charge on any atom is 0.416 e. The van der Waals surface area contributed by atoms with Crippen molar-refractivity contribution >= 4 is 22.7 Å². The van der Waals surface area contributed by atoms with Crippen molar-refractivity contribution in [3.63, 3.8) is 0 Å². The molecule has 5 heterocycles. The first-order valence-electron chi connectivity index (χ1n) is 23.8. The van der Waals surface area contributed by atoms with E-state index in [9.17, 15) is 13.2 Å². The number of aromatic nitrogens is 4. The standard InChI is InChI=1S/C19H20F3NO.C19H21N3O.C18H25N3O/c1-18(2,3)14-7-8-17-13(9-14)11-23(12-24-17)16-6-4-5-15(10-16)19(20,21)22;1-19(2,3)14-8-9-17-13(10-14)11-22(12-23-17)18-20-15-6-4-5-7-16(15)21-18;1-18(2,3)16-5-6-17-15(11-16)12-21(14-22-17)9-4-8-20-10-7-19-13-20/h4-10H,11-12H2,1-3H3;4-10H,11-12H2,1-3H3,(H,20,21);5-7,10-11,13H,4,8-9,12,14H2,1-3H3. The van der Waals surface area contributed by atoms with Crippen molar-refractivity contribution in [2.45, 2.75) is 117 Å². The highest BCUT2D eigenvalue weighted by Crippen LogP contribution is 2.37. The SMILES string of the molecule is CC(C)(C)c1ccc2c(c1)CN(CCCn1ccnc1)CO2.CC(C)(C)c1ccc2c(c1)CN(c1cccc(C(F)(F)F)c1)CO2.CC(C)(C)c1ccc2c(c1)CN(c1nc3ccccc3[nH]1)CO2. The van der Waals surface area contributed by atoms with Crippen LogP contribution in [0.4, 0.5) is 24.8 Å². The first kappa shape index (κ1) is 49.0. The van der Waals surface area contributed by atoms with Crippen LogP contribution in [0.15, 0.2) is 122 Å². The molecule has 3 aliphatic rings. The minimum atomic E-state index is -4.34. The van der Waals surface area contributed by atoms with E-state index in [-0.39, 0.29) is 23.0 Å². The summed E-state index contributed by atoms with van der Waals surface area (Å²) in [5.41, 5.74) is 9.61. The fourth-order valence-electron chi connectivity index (χ4n) is 8.49. The second kappa shape index (κ2) is 19.9. The summed E-state index contributed by atoms with van der Waals surface area (Å²) in [4.78, 5) is 18.4. The summed E-state index contributed by atoms with van der Waals surface area (Å²) in [5, 5.41) is 0. The van der Waals surface area contributed by atoms with Gasteiger partial charge in [0.2, 0.25) is 5.95 Å². The summed E-state index contributed by atoms with van der Waals surface area (Å²) < 4.78 is 58.4. The fourth-order valence-corrected chi connectivity index (χ4v) is 8.49. The Balaban J connectivity index is 0.000000140. The van der Waals surface area contributed by atoms with Gasteiger partial charge in [-0.3, -0.25) is 4.90 Å². The molecule has 2 aromatic heterocycles. The summed E-state index contributed by atoms with van der Waals surface area (Å²) >= 11 is 0. The van der Waals surface area contributed by atoms with Crippen molar-refractivity contribution in [2.75, 3.05) is 36.5 Å². The number of imidazole rings is 2. The van der Waals surface area contributed by atoms with Crippen LogP contribution in [-0.2, 0) is 48.6 Å². The summed E-state index contributed by atoms with van der Waals surface area (Å²) in [6.07, 6.45) is 2.47. The number of anilines is 2. The van der Waals surface area contributed by atoms with Crippen molar-refractivity contribution in [1.82, 2.24) is 24.4 Å². The molecule has 3 aliphatic heterocycles. The molecule has 0 bridgehead atoms. The van der Waals surface area contributed by atoms with Crippen molar-refractivity contribution in [3.05, 3.63) is 161 Å². The lowest BCUT2D eigenvalue weighted by Gasteiger charge is -2.32. The molecular formula is C56H66F3N7O3. The Labute approximate surface area is 405 Å². The lowest BCUT2D eigenvalue weighted by molar-refractivity contribution is -0.137. The van der Waals surface area contributed by atoms with E-state index in [1.54, 1.807) is 6.07 Å². The highest BCUT2D eigenvalue weighted by atomic mass is 19.4. The van der Waals surface area contributed by atoms with Gasteiger partial charge in [-0.2, -0.15) is 13.2 Å². The van der Waals surface area contributed by atoms with Gasteiger partial charge in [-0.25, -0.2) is 9.97 Å². The monoisotopic (exact) mass is 942 g/mol. The van der Waals surface area contributed by atoms with Gasteiger partial charge in [0.1, 0.15) is 24.0 Å². The van der Waals surface area contributed by atoms with Gasteiger partial charge in [-0.15, -0.1) is 0 Å². The maximum absolute atomic E-state index is 12.9. The van der Waals surface area contributed by atoms with E-state index in [0.717, 1.165) is 78.5 Å². The Morgan fingerprint density at radius 1 is 0.565 bits per heavy atom. The third-order valence-corrected chi connectivity index (χ3v) is 12.7. The van der Waals surface area contributed by atoms with E-state index in [4.69, 9.17) is 14.2 Å². The lowest BCUT2D eigenvalue weighted by atomic mass is 9.86. The lowest BCUT2D eigenvalue weighted by Crippen LogP contribution is -2.33. The summed E-state index contributed by atoms with van der Waals surface area (Å²) in [7, 11) is 0. The number of benzene rings is 5. The van der Waals surface area contributed by atoms with Crippen LogP contribution < -0.4 is 24.0 Å². The third-order valence-electron chi connectivity index (χ3n) is 12.7. The number of alkyl halides is 3. The Hall–Kier alpha value is -6.47.